The van der Waals surface area contributed by atoms with Crippen molar-refractivity contribution in [2.45, 2.75) is 51.9 Å². The molecule has 0 unspecified atom stereocenters. The van der Waals surface area contributed by atoms with Crippen LogP contribution in [0.2, 0.25) is 0 Å². The molecule has 4 nitrogen and oxygen atoms in total. The quantitative estimate of drug-likeness (QED) is 0.245. The summed E-state index contributed by atoms with van der Waals surface area (Å²) in [7, 11) is 1.70. The van der Waals surface area contributed by atoms with Gasteiger partial charge in [0.15, 0.2) is 5.78 Å². The van der Waals surface area contributed by atoms with Crippen molar-refractivity contribution in [3.8, 4) is 11.5 Å². The molecule has 0 spiro atoms. The summed E-state index contributed by atoms with van der Waals surface area (Å²) in [5.74, 6) is 0.895. The zero-order valence-corrected chi connectivity index (χ0v) is 19.7. The van der Waals surface area contributed by atoms with Gasteiger partial charge in [-0.05, 0) is 80.1 Å². The molecule has 0 bridgehead atoms. The monoisotopic (exact) mass is 442 g/mol. The highest BCUT2D eigenvalue weighted by Crippen LogP contribution is 2.48. The number of ether oxygens (including phenoxy) is 2. The zero-order valence-electron chi connectivity index (χ0n) is 19.7. The Labute approximate surface area is 195 Å². The molecule has 0 aromatic heterocycles. The maximum Gasteiger partial charge on any atom is 0.343 e. The number of hydrogen-bond acceptors (Lipinski definition) is 4. The summed E-state index contributed by atoms with van der Waals surface area (Å²) in [5, 5.41) is 0. The van der Waals surface area contributed by atoms with Gasteiger partial charge in [-0.3, -0.25) is 4.79 Å². The van der Waals surface area contributed by atoms with E-state index in [0.29, 0.717) is 16.9 Å². The fraction of sp³-hybridized carbons (Fsp3) is 0.310. The number of aryl methyl sites for hydroxylation is 2. The molecule has 1 aliphatic rings. The van der Waals surface area contributed by atoms with E-state index in [-0.39, 0.29) is 11.2 Å². The molecular formula is C29H30O4. The Hall–Kier alpha value is -3.40. The molecule has 0 aliphatic heterocycles. The van der Waals surface area contributed by atoms with Crippen molar-refractivity contribution in [3.63, 3.8) is 0 Å². The number of ketones is 1. The molecule has 0 atom stereocenters. The predicted octanol–water partition coefficient (Wildman–Crippen LogP) is 6.59. The highest BCUT2D eigenvalue weighted by molar-refractivity contribution is 5.98. The van der Waals surface area contributed by atoms with Crippen LogP contribution in [0, 0.1) is 13.8 Å². The van der Waals surface area contributed by atoms with Gasteiger partial charge in [-0.2, -0.15) is 0 Å². The number of esters is 1. The molecule has 0 radical (unpaired) electrons. The molecule has 4 heteroatoms. The van der Waals surface area contributed by atoms with E-state index in [4.69, 9.17) is 9.47 Å². The molecule has 1 aliphatic carbocycles. The van der Waals surface area contributed by atoms with E-state index in [0.717, 1.165) is 29.7 Å². The lowest BCUT2D eigenvalue weighted by Crippen LogP contribution is -2.24. The number of hydrogen-bond donors (Lipinski definition) is 0. The first-order valence-corrected chi connectivity index (χ1v) is 11.4. The first-order chi connectivity index (χ1) is 15.8. The number of carbonyl (C=O) groups excluding carboxylic acids is 2. The van der Waals surface area contributed by atoms with Crippen LogP contribution in [0.25, 0.3) is 0 Å². The lowest BCUT2D eigenvalue weighted by atomic mass is 9.72. The van der Waals surface area contributed by atoms with Crippen LogP contribution < -0.4 is 9.47 Å². The Morgan fingerprint density at radius 2 is 1.36 bits per heavy atom. The molecule has 0 N–H and O–H groups in total. The average molecular weight is 443 g/mol. The Balaban J connectivity index is 1.63. The first-order valence-electron chi connectivity index (χ1n) is 11.4. The lowest BCUT2D eigenvalue weighted by molar-refractivity contribution is 0.0733. The van der Waals surface area contributed by atoms with E-state index >= 15 is 0 Å². The van der Waals surface area contributed by atoms with Crippen molar-refractivity contribution < 1.29 is 19.1 Å². The summed E-state index contributed by atoms with van der Waals surface area (Å²) in [5.41, 5.74) is 5.43. The zero-order chi connectivity index (χ0) is 23.6. The summed E-state index contributed by atoms with van der Waals surface area (Å²) >= 11 is 0. The third-order valence-electron chi connectivity index (χ3n) is 6.84. The fourth-order valence-electron chi connectivity index (χ4n) is 4.98. The molecule has 170 valence electrons. The van der Waals surface area contributed by atoms with Crippen molar-refractivity contribution in [1.29, 1.82) is 0 Å². The van der Waals surface area contributed by atoms with Crippen molar-refractivity contribution in [2.24, 2.45) is 0 Å². The third kappa shape index (κ3) is 4.43. The minimum Gasteiger partial charge on any atom is -0.496 e. The molecule has 33 heavy (non-hydrogen) atoms. The number of rotatable bonds is 6. The van der Waals surface area contributed by atoms with E-state index in [1.165, 1.54) is 30.9 Å². The van der Waals surface area contributed by atoms with Crippen LogP contribution >= 0.6 is 0 Å². The maximum atomic E-state index is 12.7. The SMILES string of the molecule is COc1ccc(C2(c3ccc(OC(=O)c4cccc(C(C)=O)c4)c(C)c3)CCCC2)cc1C. The van der Waals surface area contributed by atoms with Gasteiger partial charge in [0.2, 0.25) is 0 Å². The highest BCUT2D eigenvalue weighted by Gasteiger charge is 2.38. The van der Waals surface area contributed by atoms with E-state index in [2.05, 4.69) is 37.3 Å². The van der Waals surface area contributed by atoms with Gasteiger partial charge in [-0.25, -0.2) is 4.79 Å². The molecule has 1 fully saturated rings. The van der Waals surface area contributed by atoms with Crippen LogP contribution in [-0.4, -0.2) is 18.9 Å². The van der Waals surface area contributed by atoms with Crippen molar-refractivity contribution >= 4 is 11.8 Å². The topological polar surface area (TPSA) is 52.6 Å². The average Bonchev–Trinajstić information content (AvgIpc) is 3.31. The number of methoxy groups -OCH3 is 1. The molecule has 0 saturated heterocycles. The van der Waals surface area contributed by atoms with Gasteiger partial charge in [0, 0.05) is 11.0 Å². The van der Waals surface area contributed by atoms with Gasteiger partial charge in [0.05, 0.1) is 12.7 Å². The molecular weight excluding hydrogens is 412 g/mol. The fourth-order valence-corrected chi connectivity index (χ4v) is 4.98. The van der Waals surface area contributed by atoms with Gasteiger partial charge in [-0.15, -0.1) is 0 Å². The number of benzene rings is 3. The van der Waals surface area contributed by atoms with Crippen molar-refractivity contribution in [2.75, 3.05) is 7.11 Å². The summed E-state index contributed by atoms with van der Waals surface area (Å²) in [6, 6.07) is 19.3. The third-order valence-corrected chi connectivity index (χ3v) is 6.84. The second-order valence-electron chi connectivity index (χ2n) is 8.98. The molecule has 1 saturated carbocycles. The Morgan fingerprint density at radius 1 is 0.788 bits per heavy atom. The summed E-state index contributed by atoms with van der Waals surface area (Å²) < 4.78 is 11.2. The van der Waals surface area contributed by atoms with Gasteiger partial charge in [0.1, 0.15) is 11.5 Å². The van der Waals surface area contributed by atoms with Crippen molar-refractivity contribution in [1.82, 2.24) is 0 Å². The van der Waals surface area contributed by atoms with Crippen LogP contribution in [0.3, 0.4) is 0 Å². The Morgan fingerprint density at radius 3 is 1.91 bits per heavy atom. The minimum absolute atomic E-state index is 0.0415. The van der Waals surface area contributed by atoms with Gasteiger partial charge >= 0.3 is 5.97 Å². The van der Waals surface area contributed by atoms with Crippen LogP contribution in [0.5, 0.6) is 11.5 Å². The molecule has 3 aromatic rings. The molecule has 3 aromatic carbocycles. The first kappa shape index (κ1) is 22.8. The molecule has 0 heterocycles. The lowest BCUT2D eigenvalue weighted by Gasteiger charge is -2.31. The van der Waals surface area contributed by atoms with Crippen LogP contribution in [0.4, 0.5) is 0 Å². The predicted molar refractivity (Wildman–Crippen MR) is 130 cm³/mol. The normalized spacial score (nSPS) is 14.7. The Kier molecular flexibility index (Phi) is 6.37. The van der Waals surface area contributed by atoms with E-state index in [1.807, 2.05) is 13.0 Å². The Bertz CT molecular complexity index is 1200. The second kappa shape index (κ2) is 9.22. The molecule has 4 rings (SSSR count). The summed E-state index contributed by atoms with van der Waals surface area (Å²) in [4.78, 5) is 24.4. The van der Waals surface area contributed by atoms with Gasteiger partial charge in [0.25, 0.3) is 0 Å². The smallest absolute Gasteiger partial charge is 0.343 e. The van der Waals surface area contributed by atoms with E-state index < -0.39 is 5.97 Å². The minimum atomic E-state index is -0.463. The summed E-state index contributed by atoms with van der Waals surface area (Å²) in [6.45, 7) is 5.54. The summed E-state index contributed by atoms with van der Waals surface area (Å²) in [6.07, 6.45) is 4.56. The maximum absolute atomic E-state index is 12.7. The largest absolute Gasteiger partial charge is 0.496 e. The van der Waals surface area contributed by atoms with Crippen LogP contribution in [-0.2, 0) is 5.41 Å². The highest BCUT2D eigenvalue weighted by atomic mass is 16.5. The van der Waals surface area contributed by atoms with Gasteiger partial charge in [-0.1, -0.05) is 49.2 Å². The van der Waals surface area contributed by atoms with Gasteiger partial charge < -0.3 is 9.47 Å². The van der Waals surface area contributed by atoms with Crippen LogP contribution in [0.15, 0.2) is 60.7 Å². The standard InChI is InChI=1S/C29H30O4/c1-19-16-24(10-12-26(19)32-4)29(14-5-6-15-29)25-11-13-27(20(2)17-25)33-28(31)23-9-7-8-22(18-23)21(3)30/h7-13,16-18H,5-6,14-15H2,1-4H3. The van der Waals surface area contributed by atoms with E-state index in [1.54, 1.807) is 31.4 Å². The molecule has 0 amide bonds. The van der Waals surface area contributed by atoms with Crippen LogP contribution in [0.1, 0.15) is 75.6 Å². The van der Waals surface area contributed by atoms with E-state index in [9.17, 15) is 9.59 Å². The number of carbonyl (C=O) groups is 2. The van der Waals surface area contributed by atoms with Crippen molar-refractivity contribution in [3.05, 3.63) is 94.0 Å². The second-order valence-corrected chi connectivity index (χ2v) is 8.98. The number of Topliss-reactive ketones (excluding diaryl/α,β-unsaturated/α-hetero) is 1.